The minimum Gasteiger partial charge on any atom is -0.379 e. The lowest BCUT2D eigenvalue weighted by Gasteiger charge is -2.43. The summed E-state index contributed by atoms with van der Waals surface area (Å²) in [6.07, 6.45) is 5.70. The molecular formula is C15H17N3O2S. The van der Waals surface area contributed by atoms with Crippen LogP contribution >= 0.6 is 11.3 Å². The number of carbonyl (C=O) groups excluding carboxylic acids is 1. The van der Waals surface area contributed by atoms with Gasteiger partial charge in [0, 0.05) is 13.2 Å². The Bertz CT molecular complexity index is 678. The molecule has 4 rings (SSSR count). The second kappa shape index (κ2) is 5.03. The van der Waals surface area contributed by atoms with Gasteiger partial charge in [-0.1, -0.05) is 0 Å². The summed E-state index contributed by atoms with van der Waals surface area (Å²) in [5, 5.41) is 1.96. The minimum atomic E-state index is -0.107. The smallest absolute Gasteiger partial charge is 0.274 e. The highest BCUT2D eigenvalue weighted by Gasteiger charge is 2.45. The van der Waals surface area contributed by atoms with Gasteiger partial charge in [0.15, 0.2) is 0 Å². The molecule has 110 valence electrons. The van der Waals surface area contributed by atoms with Crippen LogP contribution in [0.25, 0.3) is 10.2 Å². The predicted octanol–water partition coefficient (Wildman–Crippen LogP) is 2.48. The summed E-state index contributed by atoms with van der Waals surface area (Å²) >= 11 is 1.53. The molecule has 0 saturated carbocycles. The molecule has 2 aromatic rings. The first-order chi connectivity index (χ1) is 10.3. The highest BCUT2D eigenvalue weighted by Crippen LogP contribution is 2.37. The molecule has 0 radical (unpaired) electrons. The first-order valence-corrected chi connectivity index (χ1v) is 8.26. The maximum Gasteiger partial charge on any atom is 0.274 e. The second-order valence-electron chi connectivity index (χ2n) is 5.80. The van der Waals surface area contributed by atoms with Crippen LogP contribution in [0.2, 0.25) is 0 Å². The Kier molecular flexibility index (Phi) is 3.15. The van der Waals surface area contributed by atoms with E-state index in [0.717, 1.165) is 42.6 Å². The summed E-state index contributed by atoms with van der Waals surface area (Å²) in [4.78, 5) is 23.6. The molecule has 2 fully saturated rings. The number of fused-ring (bicyclic) bond motifs is 1. The van der Waals surface area contributed by atoms with E-state index in [9.17, 15) is 4.79 Å². The van der Waals surface area contributed by atoms with Crippen molar-refractivity contribution in [3.63, 3.8) is 0 Å². The van der Waals surface area contributed by atoms with Gasteiger partial charge in [-0.3, -0.25) is 4.79 Å². The summed E-state index contributed by atoms with van der Waals surface area (Å²) < 4.78 is 6.49. The molecule has 1 amide bonds. The average molecular weight is 303 g/mol. The number of amides is 1. The van der Waals surface area contributed by atoms with Gasteiger partial charge >= 0.3 is 0 Å². The number of rotatable bonds is 1. The lowest BCUT2D eigenvalue weighted by molar-refractivity contribution is 0.0252. The third kappa shape index (κ3) is 2.05. The number of hydrogen-bond acceptors (Lipinski definition) is 5. The number of nitrogens with zero attached hydrogens (tertiary/aromatic N) is 3. The van der Waals surface area contributed by atoms with Crippen molar-refractivity contribution < 1.29 is 9.53 Å². The Hall–Kier alpha value is -1.53. The van der Waals surface area contributed by atoms with Crippen LogP contribution in [0, 0.1) is 0 Å². The van der Waals surface area contributed by atoms with Gasteiger partial charge in [0.1, 0.15) is 12.0 Å². The van der Waals surface area contributed by atoms with Crippen LogP contribution in [0.5, 0.6) is 0 Å². The topological polar surface area (TPSA) is 55.3 Å². The monoisotopic (exact) mass is 303 g/mol. The second-order valence-corrected chi connectivity index (χ2v) is 6.71. The summed E-state index contributed by atoms with van der Waals surface area (Å²) in [5.74, 6) is 0.0371. The Morgan fingerprint density at radius 2 is 2.29 bits per heavy atom. The van der Waals surface area contributed by atoms with Gasteiger partial charge in [0.25, 0.3) is 5.91 Å². The van der Waals surface area contributed by atoms with E-state index in [1.165, 1.54) is 24.1 Å². The van der Waals surface area contributed by atoms with E-state index >= 15 is 0 Å². The van der Waals surface area contributed by atoms with E-state index in [-0.39, 0.29) is 11.4 Å². The molecule has 6 heteroatoms. The summed E-state index contributed by atoms with van der Waals surface area (Å²) in [6.45, 7) is 2.22. The van der Waals surface area contributed by atoms with E-state index in [0.29, 0.717) is 12.3 Å². The van der Waals surface area contributed by atoms with E-state index in [4.69, 9.17) is 4.74 Å². The molecule has 2 aromatic heterocycles. The van der Waals surface area contributed by atoms with Gasteiger partial charge < -0.3 is 9.64 Å². The molecule has 21 heavy (non-hydrogen) atoms. The number of aromatic nitrogens is 2. The van der Waals surface area contributed by atoms with Crippen molar-refractivity contribution in [3.8, 4) is 0 Å². The third-order valence-electron chi connectivity index (χ3n) is 4.62. The first kappa shape index (κ1) is 13.2. The molecule has 2 aliphatic heterocycles. The molecule has 5 nitrogen and oxygen atoms in total. The summed E-state index contributed by atoms with van der Waals surface area (Å²) in [5.41, 5.74) is 1.29. The fourth-order valence-corrected chi connectivity index (χ4v) is 4.31. The zero-order valence-electron chi connectivity index (χ0n) is 11.7. The molecule has 4 heterocycles. The van der Waals surface area contributed by atoms with Crippen LogP contribution in [0.1, 0.15) is 36.2 Å². The molecule has 0 N–H and O–H groups in total. The molecule has 2 aliphatic rings. The van der Waals surface area contributed by atoms with Gasteiger partial charge in [-0.15, -0.1) is 11.3 Å². The summed E-state index contributed by atoms with van der Waals surface area (Å²) in [7, 11) is 0. The third-order valence-corrected chi connectivity index (χ3v) is 5.53. The average Bonchev–Trinajstić information content (AvgIpc) is 3.16. The van der Waals surface area contributed by atoms with Crippen LogP contribution in [0.15, 0.2) is 17.8 Å². The van der Waals surface area contributed by atoms with Gasteiger partial charge in [0.2, 0.25) is 0 Å². The normalized spacial score (nSPS) is 25.8. The van der Waals surface area contributed by atoms with Gasteiger partial charge in [-0.2, -0.15) is 0 Å². The SMILES string of the molecule is O=C(c1ncnc2ccsc12)N1CCCCC12CCOC2. The van der Waals surface area contributed by atoms with Crippen molar-refractivity contribution in [2.75, 3.05) is 19.8 Å². The Morgan fingerprint density at radius 1 is 1.33 bits per heavy atom. The molecule has 1 atom stereocenters. The van der Waals surface area contributed by atoms with Gasteiger partial charge in [-0.05, 0) is 37.1 Å². The number of hydrogen-bond donors (Lipinski definition) is 0. The van der Waals surface area contributed by atoms with Crippen LogP contribution in [-0.2, 0) is 4.74 Å². The Labute approximate surface area is 127 Å². The fraction of sp³-hybridized carbons (Fsp3) is 0.533. The molecule has 2 saturated heterocycles. The van der Waals surface area contributed by atoms with Crippen molar-refractivity contribution in [3.05, 3.63) is 23.5 Å². The molecular weight excluding hydrogens is 286 g/mol. The van der Waals surface area contributed by atoms with Crippen molar-refractivity contribution in [1.29, 1.82) is 0 Å². The van der Waals surface area contributed by atoms with Crippen LogP contribution in [-0.4, -0.2) is 46.1 Å². The van der Waals surface area contributed by atoms with Crippen molar-refractivity contribution in [2.45, 2.75) is 31.2 Å². The number of likely N-dealkylation sites (tertiary alicyclic amines) is 1. The quantitative estimate of drug-likeness (QED) is 0.812. The summed E-state index contributed by atoms with van der Waals surface area (Å²) in [6, 6.07) is 1.93. The zero-order valence-corrected chi connectivity index (χ0v) is 12.6. The van der Waals surface area contributed by atoms with Crippen molar-refractivity contribution in [1.82, 2.24) is 14.9 Å². The Morgan fingerprint density at radius 3 is 3.14 bits per heavy atom. The number of piperidine rings is 1. The highest BCUT2D eigenvalue weighted by molar-refractivity contribution is 7.17. The zero-order chi connectivity index (χ0) is 14.3. The molecule has 0 aliphatic carbocycles. The number of carbonyl (C=O) groups is 1. The fourth-order valence-electron chi connectivity index (χ4n) is 3.49. The number of thiophene rings is 1. The molecule has 0 bridgehead atoms. The first-order valence-electron chi connectivity index (χ1n) is 7.38. The van der Waals surface area contributed by atoms with Gasteiger partial charge in [0.05, 0.1) is 22.4 Å². The molecule has 1 unspecified atom stereocenters. The number of ether oxygens (including phenoxy) is 1. The Balaban J connectivity index is 1.74. The van der Waals surface area contributed by atoms with Crippen molar-refractivity contribution >= 4 is 27.5 Å². The van der Waals surface area contributed by atoms with E-state index in [1.807, 2.05) is 16.3 Å². The predicted molar refractivity (Wildman–Crippen MR) is 80.5 cm³/mol. The molecule has 0 aromatic carbocycles. The van der Waals surface area contributed by atoms with Crippen LogP contribution in [0.3, 0.4) is 0 Å². The van der Waals surface area contributed by atoms with Crippen LogP contribution in [0.4, 0.5) is 0 Å². The lowest BCUT2D eigenvalue weighted by atomic mass is 9.85. The van der Waals surface area contributed by atoms with Crippen molar-refractivity contribution in [2.24, 2.45) is 0 Å². The van der Waals surface area contributed by atoms with Crippen LogP contribution < -0.4 is 0 Å². The lowest BCUT2D eigenvalue weighted by Crippen LogP contribution is -2.55. The maximum absolute atomic E-state index is 13.1. The molecule has 1 spiro atoms. The largest absolute Gasteiger partial charge is 0.379 e. The minimum absolute atomic E-state index is 0.0371. The van der Waals surface area contributed by atoms with E-state index in [1.54, 1.807) is 0 Å². The standard InChI is InChI=1S/C15H17N3O2S/c19-14(12-13-11(3-8-21-13)16-10-17-12)18-6-2-1-4-15(18)5-7-20-9-15/h3,8,10H,1-2,4-7,9H2. The van der Waals surface area contributed by atoms with E-state index < -0.39 is 0 Å². The van der Waals surface area contributed by atoms with E-state index in [2.05, 4.69) is 9.97 Å². The highest BCUT2D eigenvalue weighted by atomic mass is 32.1. The van der Waals surface area contributed by atoms with Gasteiger partial charge in [-0.25, -0.2) is 9.97 Å². The maximum atomic E-state index is 13.1.